The number of carboxylic acids is 2. The summed E-state index contributed by atoms with van der Waals surface area (Å²) in [4.78, 5) is 72.6. The highest BCUT2D eigenvalue weighted by Gasteiger charge is 2.27. The van der Waals surface area contributed by atoms with Gasteiger partial charge in [0.05, 0.1) is 11.3 Å². The topological polar surface area (TPSA) is 229 Å². The Bertz CT molecular complexity index is 1620. The second kappa shape index (κ2) is 20.4. The third-order valence-electron chi connectivity index (χ3n) is 7.16. The molecular weight excluding hydrogens is 696 g/mol. The van der Waals surface area contributed by atoms with Crippen LogP contribution in [0.4, 0.5) is 11.4 Å². The molecular formula is C36H47ClN6O9. The first-order valence-electron chi connectivity index (χ1n) is 16.5. The summed E-state index contributed by atoms with van der Waals surface area (Å²) in [6.45, 7) is 9.23. The lowest BCUT2D eigenvalue weighted by molar-refractivity contribution is -0.403. The highest BCUT2D eigenvalue weighted by molar-refractivity contribution is 6.30. The lowest BCUT2D eigenvalue weighted by Crippen LogP contribution is -2.52. The van der Waals surface area contributed by atoms with E-state index in [9.17, 15) is 44.3 Å². The van der Waals surface area contributed by atoms with Gasteiger partial charge < -0.3 is 36.8 Å². The van der Waals surface area contributed by atoms with Crippen LogP contribution in [0.15, 0.2) is 72.7 Å². The summed E-state index contributed by atoms with van der Waals surface area (Å²) in [5, 5.41) is 44.3. The number of aliphatic carboxylic acids is 2. The summed E-state index contributed by atoms with van der Waals surface area (Å²) in [5.41, 5.74) is 1.30. The molecule has 0 aromatic heterocycles. The van der Waals surface area contributed by atoms with Gasteiger partial charge in [-0.15, -0.1) is 0 Å². The molecule has 0 heterocycles. The number of amides is 3. The minimum atomic E-state index is -1.36. The second-order valence-electron chi connectivity index (χ2n) is 13.7. The first-order valence-corrected chi connectivity index (χ1v) is 16.9. The molecule has 0 saturated carbocycles. The maximum absolute atomic E-state index is 13.2. The normalized spacial score (nSPS) is 13.5. The van der Waals surface area contributed by atoms with E-state index in [4.69, 9.17) is 11.6 Å². The molecule has 0 saturated heterocycles. The van der Waals surface area contributed by atoms with Gasteiger partial charge in [-0.3, -0.25) is 24.5 Å². The predicted molar refractivity (Wildman–Crippen MR) is 197 cm³/mol. The molecule has 3 amide bonds. The average molecular weight is 743 g/mol. The van der Waals surface area contributed by atoms with Crippen LogP contribution in [-0.2, 0) is 30.4 Å². The van der Waals surface area contributed by atoms with Crippen molar-refractivity contribution in [1.29, 1.82) is 0 Å². The summed E-state index contributed by atoms with van der Waals surface area (Å²) in [6, 6.07) is 9.50. The monoisotopic (exact) mass is 742 g/mol. The van der Waals surface area contributed by atoms with E-state index in [1.54, 1.807) is 48.5 Å². The minimum Gasteiger partial charge on any atom is -0.480 e. The van der Waals surface area contributed by atoms with Crippen LogP contribution >= 0.6 is 11.6 Å². The third-order valence-corrected chi connectivity index (χ3v) is 7.42. The third kappa shape index (κ3) is 17.0. The Morgan fingerprint density at radius 2 is 1.27 bits per heavy atom. The number of anilines is 2. The molecule has 3 atom stereocenters. The van der Waals surface area contributed by atoms with Crippen molar-refractivity contribution >= 4 is 52.6 Å². The molecule has 0 aliphatic heterocycles. The first-order chi connectivity index (χ1) is 24.3. The Kier molecular flexibility index (Phi) is 16.8. The van der Waals surface area contributed by atoms with Crippen LogP contribution < -0.4 is 26.6 Å². The number of hydrogen-bond donors (Lipinski definition) is 7. The van der Waals surface area contributed by atoms with Crippen LogP contribution in [0, 0.1) is 21.4 Å². The molecule has 52 heavy (non-hydrogen) atoms. The molecule has 0 radical (unpaired) electrons. The Morgan fingerprint density at radius 1 is 0.788 bits per heavy atom. The van der Waals surface area contributed by atoms with Crippen molar-refractivity contribution in [3.8, 4) is 0 Å². The van der Waals surface area contributed by atoms with Crippen LogP contribution in [-0.4, -0.2) is 62.9 Å². The van der Waals surface area contributed by atoms with Gasteiger partial charge in [-0.2, -0.15) is 0 Å². The molecule has 0 aliphatic rings. The van der Waals surface area contributed by atoms with Gasteiger partial charge in [0, 0.05) is 22.8 Å². The van der Waals surface area contributed by atoms with Crippen LogP contribution in [0.25, 0.3) is 0 Å². The lowest BCUT2D eigenvalue weighted by atomic mass is 9.92. The van der Waals surface area contributed by atoms with E-state index < -0.39 is 52.7 Å². The van der Waals surface area contributed by atoms with E-state index >= 15 is 0 Å². The van der Waals surface area contributed by atoms with Gasteiger partial charge in [0.25, 0.3) is 6.20 Å². The summed E-state index contributed by atoms with van der Waals surface area (Å²) < 4.78 is 0. The molecule has 7 N–H and O–H groups in total. The molecule has 2 aromatic rings. The fourth-order valence-corrected chi connectivity index (χ4v) is 4.92. The van der Waals surface area contributed by atoms with Crippen molar-refractivity contribution in [3.63, 3.8) is 0 Å². The molecule has 0 bridgehead atoms. The molecule has 0 fully saturated rings. The fourth-order valence-electron chi connectivity index (χ4n) is 4.79. The number of halogens is 1. The van der Waals surface area contributed by atoms with Gasteiger partial charge in [-0.05, 0) is 72.6 Å². The maximum Gasteiger partial charge on any atom is 0.326 e. The van der Waals surface area contributed by atoms with E-state index in [-0.39, 0.29) is 49.3 Å². The van der Waals surface area contributed by atoms with Crippen molar-refractivity contribution in [3.05, 3.63) is 93.4 Å². The van der Waals surface area contributed by atoms with E-state index in [1.165, 1.54) is 12.2 Å². The van der Waals surface area contributed by atoms with Crippen molar-refractivity contribution in [2.45, 2.75) is 84.8 Å². The molecule has 15 nitrogen and oxygen atoms in total. The van der Waals surface area contributed by atoms with E-state index in [0.29, 0.717) is 22.0 Å². The van der Waals surface area contributed by atoms with Gasteiger partial charge >= 0.3 is 11.9 Å². The summed E-state index contributed by atoms with van der Waals surface area (Å²) in [7, 11) is 0. The minimum absolute atomic E-state index is 0.0334. The van der Waals surface area contributed by atoms with Gasteiger partial charge in [0.2, 0.25) is 17.7 Å². The second-order valence-corrected chi connectivity index (χ2v) is 14.2. The molecule has 3 unspecified atom stereocenters. The van der Waals surface area contributed by atoms with E-state index in [2.05, 4.69) is 26.6 Å². The van der Waals surface area contributed by atoms with Crippen molar-refractivity contribution in [2.75, 3.05) is 10.6 Å². The standard InChI is InChI=1S/C36H47ClN6O9/c1-22(2)18-29(33(46)42-28(35(49)50)9-7-6-8-27(34(47)48)40-32(45)20-36(3,4)5)41-31(44)19-23-10-14-25(15-11-23)38-30(21-43(51)52)39-26-16-12-24(37)13-17-26/h6-7,10-17,21-22,27-29,38-39H,8-9,18-20H2,1-5H3,(H,40,45)(H,41,44)(H,42,46)(H,47,48)(H,49,50)/b7-6+,30-21+. The smallest absolute Gasteiger partial charge is 0.326 e. The van der Waals surface area contributed by atoms with Crippen LogP contribution in [0.2, 0.25) is 5.02 Å². The number of carbonyl (C=O) groups excluding carboxylic acids is 3. The summed E-state index contributed by atoms with van der Waals surface area (Å²) in [5.74, 6) is -4.12. The van der Waals surface area contributed by atoms with Crippen molar-refractivity contribution < 1.29 is 39.1 Å². The van der Waals surface area contributed by atoms with Gasteiger partial charge in [0.1, 0.15) is 18.1 Å². The van der Waals surface area contributed by atoms with E-state index in [1.807, 2.05) is 34.6 Å². The Hall–Kier alpha value is -5.44. The highest BCUT2D eigenvalue weighted by Crippen LogP contribution is 2.19. The number of nitrogens with one attached hydrogen (secondary N) is 5. The fraction of sp³-hybridized carbons (Fsp3) is 0.417. The molecule has 2 rings (SSSR count). The number of nitro groups is 1. The summed E-state index contributed by atoms with van der Waals surface area (Å²) in [6.07, 6.45) is 3.61. The highest BCUT2D eigenvalue weighted by atomic mass is 35.5. The molecule has 282 valence electrons. The Labute approximate surface area is 307 Å². The molecule has 16 heteroatoms. The molecule has 0 spiro atoms. The maximum atomic E-state index is 13.2. The van der Waals surface area contributed by atoms with Crippen LogP contribution in [0.3, 0.4) is 0 Å². The SMILES string of the molecule is CC(C)CC(NC(=O)Cc1ccc(N/C(=C\[N+](=O)[O-])Nc2ccc(Cl)cc2)cc1)C(=O)NC(C/C=C/CC(NC(=O)CC(C)(C)C)C(=O)O)C(=O)O. The predicted octanol–water partition coefficient (Wildman–Crippen LogP) is 4.92. The average Bonchev–Trinajstić information content (AvgIpc) is 3.01. The summed E-state index contributed by atoms with van der Waals surface area (Å²) >= 11 is 5.91. The van der Waals surface area contributed by atoms with Crippen molar-refractivity contribution in [1.82, 2.24) is 16.0 Å². The first kappa shape index (κ1) is 42.7. The number of nitrogens with zero attached hydrogens (tertiary/aromatic N) is 1. The number of carbonyl (C=O) groups is 5. The zero-order valence-electron chi connectivity index (χ0n) is 29.8. The van der Waals surface area contributed by atoms with Crippen LogP contribution in [0.1, 0.15) is 65.9 Å². The van der Waals surface area contributed by atoms with Gasteiger partial charge in [-0.1, -0.05) is 70.5 Å². The van der Waals surface area contributed by atoms with Gasteiger partial charge in [0.15, 0.2) is 5.82 Å². The zero-order chi connectivity index (χ0) is 39.0. The zero-order valence-corrected chi connectivity index (χ0v) is 30.5. The molecule has 2 aromatic carbocycles. The Balaban J connectivity index is 2.01. The Morgan fingerprint density at radius 3 is 1.73 bits per heavy atom. The van der Waals surface area contributed by atoms with Gasteiger partial charge in [-0.25, -0.2) is 9.59 Å². The van der Waals surface area contributed by atoms with Crippen LogP contribution in [0.5, 0.6) is 0 Å². The number of benzene rings is 2. The lowest BCUT2D eigenvalue weighted by Gasteiger charge is -2.22. The van der Waals surface area contributed by atoms with Crippen molar-refractivity contribution in [2.24, 2.45) is 11.3 Å². The number of carboxylic acid groups (broad SMARTS) is 2. The van der Waals surface area contributed by atoms with E-state index in [0.717, 1.165) is 6.20 Å². The molecule has 0 aliphatic carbocycles. The number of hydrogen-bond acceptors (Lipinski definition) is 9. The number of rotatable bonds is 20. The quantitative estimate of drug-likeness (QED) is 0.0547. The largest absolute Gasteiger partial charge is 0.480 e.